The van der Waals surface area contributed by atoms with E-state index in [0.717, 1.165) is 28.6 Å². The van der Waals surface area contributed by atoms with Gasteiger partial charge in [0.05, 0.1) is 0 Å². The molecule has 0 radical (unpaired) electrons. The van der Waals surface area contributed by atoms with Crippen molar-refractivity contribution in [3.05, 3.63) is 126 Å². The molecule has 1 aromatic heterocycles. The lowest BCUT2D eigenvalue weighted by Gasteiger charge is -2.15. The normalized spacial score (nSPS) is 11.8. The van der Waals surface area contributed by atoms with E-state index in [1.807, 2.05) is 0 Å². The highest BCUT2D eigenvalue weighted by molar-refractivity contribution is 6.27. The smallest absolute Gasteiger partial charge is 0.227 e. The third-order valence-electron chi connectivity index (χ3n) is 8.34. The van der Waals surface area contributed by atoms with Gasteiger partial charge in [0.15, 0.2) is 5.58 Å². The Morgan fingerprint density at radius 1 is 0.575 bits per heavy atom. The van der Waals surface area contributed by atoms with Gasteiger partial charge in [-0.05, 0) is 91.7 Å². The molecule has 7 aromatic carbocycles. The molecule has 0 atom stereocenters. The van der Waals surface area contributed by atoms with Crippen molar-refractivity contribution in [3.63, 3.8) is 0 Å². The summed E-state index contributed by atoms with van der Waals surface area (Å²) in [5.74, 6) is 0.657. The number of nitrogens with zero attached hydrogens (tertiary/aromatic N) is 1. The molecule has 2 nitrogen and oxygen atoms in total. The first-order valence-electron chi connectivity index (χ1n) is 13.9. The summed E-state index contributed by atoms with van der Waals surface area (Å²) in [6.45, 7) is 4.30. The van der Waals surface area contributed by atoms with E-state index < -0.39 is 0 Å². The Morgan fingerprint density at radius 3 is 1.88 bits per heavy atom. The lowest BCUT2D eigenvalue weighted by atomic mass is 9.88. The molecule has 8 rings (SSSR count). The Labute approximate surface area is 232 Å². The van der Waals surface area contributed by atoms with Crippen molar-refractivity contribution < 1.29 is 4.42 Å². The van der Waals surface area contributed by atoms with Crippen LogP contribution < -0.4 is 0 Å². The molecule has 2 heteroatoms. The molecule has 0 aliphatic rings. The standard InChI is InChI=1S/C38H27NO/c1-3-24-6-10-26(11-7-24)30-17-12-27-14-19-32-33(20-15-28-13-18-31(30)36(27)37(28)32)38-39-34-21-16-29(22-35(34)40-38)25-8-4-23(2)5-9-25/h4-22H,3H2,1-2H3. The Bertz CT molecular complexity index is 2180. The minimum absolute atomic E-state index is 0.657. The van der Waals surface area contributed by atoms with Crippen LogP contribution in [0.15, 0.2) is 120 Å². The van der Waals surface area contributed by atoms with E-state index in [2.05, 4.69) is 129 Å². The Balaban J connectivity index is 1.31. The predicted octanol–water partition coefficient (Wildman–Crippen LogP) is 10.6. The fourth-order valence-electron chi connectivity index (χ4n) is 6.12. The molecule has 0 fully saturated rings. The summed E-state index contributed by atoms with van der Waals surface area (Å²) < 4.78 is 6.43. The van der Waals surface area contributed by atoms with Crippen LogP contribution in [0.2, 0.25) is 0 Å². The molecule has 0 unspecified atom stereocenters. The number of fused-ring (bicyclic) bond motifs is 1. The molecule has 0 aliphatic carbocycles. The van der Waals surface area contributed by atoms with Gasteiger partial charge in [-0.15, -0.1) is 0 Å². The van der Waals surface area contributed by atoms with E-state index in [0.29, 0.717) is 5.89 Å². The van der Waals surface area contributed by atoms with Crippen LogP contribution in [0.25, 0.3) is 77.1 Å². The second kappa shape index (κ2) is 8.79. The summed E-state index contributed by atoms with van der Waals surface area (Å²) in [7, 11) is 0. The van der Waals surface area contributed by atoms with Gasteiger partial charge in [0.25, 0.3) is 0 Å². The number of aromatic nitrogens is 1. The second-order valence-electron chi connectivity index (χ2n) is 10.8. The maximum atomic E-state index is 6.43. The average molecular weight is 514 g/mol. The molecule has 190 valence electrons. The SMILES string of the molecule is CCc1ccc(-c2ccc3ccc4c(-c5nc6ccc(-c7ccc(C)cc7)cc6o5)ccc5ccc2c3c54)cc1. The maximum absolute atomic E-state index is 6.43. The van der Waals surface area contributed by atoms with Gasteiger partial charge in [0.2, 0.25) is 5.89 Å². The summed E-state index contributed by atoms with van der Waals surface area (Å²) >= 11 is 0. The summed E-state index contributed by atoms with van der Waals surface area (Å²) in [5, 5.41) is 7.48. The first kappa shape index (κ1) is 23.0. The lowest BCUT2D eigenvalue weighted by Crippen LogP contribution is -1.89. The number of oxazole rings is 1. The van der Waals surface area contributed by atoms with Gasteiger partial charge in [0, 0.05) is 5.56 Å². The summed E-state index contributed by atoms with van der Waals surface area (Å²) in [5.41, 5.74) is 10.1. The van der Waals surface area contributed by atoms with Crippen molar-refractivity contribution in [1.82, 2.24) is 4.98 Å². The average Bonchev–Trinajstić information content (AvgIpc) is 3.43. The molecular weight excluding hydrogens is 486 g/mol. The van der Waals surface area contributed by atoms with E-state index >= 15 is 0 Å². The summed E-state index contributed by atoms with van der Waals surface area (Å²) in [6, 6.07) is 41.7. The van der Waals surface area contributed by atoms with Crippen molar-refractivity contribution >= 4 is 43.4 Å². The third kappa shape index (κ3) is 3.53. The topological polar surface area (TPSA) is 26.0 Å². The Hall–Kier alpha value is -4.95. The van der Waals surface area contributed by atoms with E-state index in [-0.39, 0.29) is 0 Å². The summed E-state index contributed by atoms with van der Waals surface area (Å²) in [6.07, 6.45) is 1.05. The van der Waals surface area contributed by atoms with E-state index in [4.69, 9.17) is 9.40 Å². The number of hydrogen-bond acceptors (Lipinski definition) is 2. The second-order valence-corrected chi connectivity index (χ2v) is 10.8. The van der Waals surface area contributed by atoms with Crippen LogP contribution in [-0.4, -0.2) is 4.98 Å². The third-order valence-corrected chi connectivity index (χ3v) is 8.34. The molecule has 0 N–H and O–H groups in total. The number of aryl methyl sites for hydroxylation is 2. The molecule has 0 saturated carbocycles. The van der Waals surface area contributed by atoms with E-state index in [1.165, 1.54) is 60.1 Å². The van der Waals surface area contributed by atoms with Gasteiger partial charge >= 0.3 is 0 Å². The molecule has 0 amide bonds. The van der Waals surface area contributed by atoms with Crippen molar-refractivity contribution in [2.45, 2.75) is 20.3 Å². The zero-order chi connectivity index (χ0) is 26.8. The van der Waals surface area contributed by atoms with E-state index in [1.54, 1.807) is 0 Å². The molecule has 0 aliphatic heterocycles. The maximum Gasteiger partial charge on any atom is 0.227 e. The first-order chi connectivity index (χ1) is 19.7. The lowest BCUT2D eigenvalue weighted by molar-refractivity contribution is 0.621. The van der Waals surface area contributed by atoms with Crippen molar-refractivity contribution in [1.29, 1.82) is 0 Å². The van der Waals surface area contributed by atoms with Gasteiger partial charge in [0.1, 0.15) is 5.52 Å². The van der Waals surface area contributed by atoms with Gasteiger partial charge in [-0.25, -0.2) is 4.98 Å². The first-order valence-corrected chi connectivity index (χ1v) is 13.9. The highest BCUT2D eigenvalue weighted by atomic mass is 16.3. The Morgan fingerprint density at radius 2 is 1.18 bits per heavy atom. The van der Waals surface area contributed by atoms with E-state index in [9.17, 15) is 0 Å². The molecule has 40 heavy (non-hydrogen) atoms. The van der Waals surface area contributed by atoms with Gasteiger partial charge in [-0.1, -0.05) is 110 Å². The number of hydrogen-bond donors (Lipinski definition) is 0. The largest absolute Gasteiger partial charge is 0.436 e. The monoisotopic (exact) mass is 513 g/mol. The fraction of sp³-hybridized carbons (Fsp3) is 0.0789. The molecule has 0 bridgehead atoms. The fourth-order valence-corrected chi connectivity index (χ4v) is 6.12. The number of benzene rings is 7. The zero-order valence-electron chi connectivity index (χ0n) is 22.5. The minimum Gasteiger partial charge on any atom is -0.436 e. The quantitative estimate of drug-likeness (QED) is 0.219. The van der Waals surface area contributed by atoms with Gasteiger partial charge in [-0.3, -0.25) is 0 Å². The van der Waals surface area contributed by atoms with Crippen LogP contribution in [-0.2, 0) is 6.42 Å². The zero-order valence-corrected chi connectivity index (χ0v) is 22.5. The van der Waals surface area contributed by atoms with Crippen LogP contribution in [0.3, 0.4) is 0 Å². The van der Waals surface area contributed by atoms with Crippen LogP contribution in [0.4, 0.5) is 0 Å². The Kier molecular flexibility index (Phi) is 5.05. The highest BCUT2D eigenvalue weighted by Gasteiger charge is 2.17. The molecule has 0 spiro atoms. The molecule has 0 saturated heterocycles. The van der Waals surface area contributed by atoms with Crippen LogP contribution in [0.5, 0.6) is 0 Å². The van der Waals surface area contributed by atoms with Gasteiger partial charge in [-0.2, -0.15) is 0 Å². The minimum atomic E-state index is 0.657. The van der Waals surface area contributed by atoms with Crippen LogP contribution >= 0.6 is 0 Å². The highest BCUT2D eigenvalue weighted by Crippen LogP contribution is 2.42. The van der Waals surface area contributed by atoms with Crippen molar-refractivity contribution in [2.75, 3.05) is 0 Å². The van der Waals surface area contributed by atoms with Crippen molar-refractivity contribution in [3.8, 4) is 33.7 Å². The molecule has 8 aromatic rings. The predicted molar refractivity (Wildman–Crippen MR) is 168 cm³/mol. The van der Waals surface area contributed by atoms with Gasteiger partial charge < -0.3 is 4.42 Å². The van der Waals surface area contributed by atoms with Crippen molar-refractivity contribution in [2.24, 2.45) is 0 Å². The number of rotatable bonds is 4. The van der Waals surface area contributed by atoms with Crippen LogP contribution in [0.1, 0.15) is 18.1 Å². The summed E-state index contributed by atoms with van der Waals surface area (Å²) in [4.78, 5) is 4.93. The molecule has 1 heterocycles. The molecular formula is C38H27NO. The van der Waals surface area contributed by atoms with Crippen LogP contribution in [0, 0.1) is 6.92 Å².